The fraction of sp³-hybridized carbons (Fsp3) is 0.450. The minimum atomic E-state index is -2.32. The summed E-state index contributed by atoms with van der Waals surface area (Å²) in [5, 5.41) is 3.62. The summed E-state index contributed by atoms with van der Waals surface area (Å²) in [7, 11) is 0.945. The van der Waals surface area contributed by atoms with E-state index in [1.807, 2.05) is 37.4 Å². The fourth-order valence-corrected chi connectivity index (χ4v) is 4.16. The van der Waals surface area contributed by atoms with E-state index in [-0.39, 0.29) is 5.56 Å². The highest BCUT2D eigenvalue weighted by molar-refractivity contribution is 8.24. The first-order chi connectivity index (χ1) is 12.8. The number of nitrogens with zero attached hydrogens (tertiary/aromatic N) is 1. The van der Waals surface area contributed by atoms with Crippen LogP contribution in [-0.2, 0) is 16.0 Å². The van der Waals surface area contributed by atoms with Gasteiger partial charge < -0.3 is 14.6 Å². The Morgan fingerprint density at radius 1 is 1.30 bits per heavy atom. The van der Waals surface area contributed by atoms with Crippen LogP contribution >= 0.6 is 10.6 Å². The molecule has 1 unspecified atom stereocenters. The second kappa shape index (κ2) is 8.06. The molecule has 1 aromatic heterocycles. The van der Waals surface area contributed by atoms with Gasteiger partial charge in [-0.25, -0.2) is 0 Å². The highest BCUT2D eigenvalue weighted by Gasteiger charge is 2.19. The normalized spacial score (nSPS) is 18.7. The van der Waals surface area contributed by atoms with Gasteiger partial charge in [0.1, 0.15) is 0 Å². The maximum absolute atomic E-state index is 12.1. The second-order valence-corrected chi connectivity index (χ2v) is 9.45. The molecule has 0 radical (unpaired) electrons. The van der Waals surface area contributed by atoms with Crippen LogP contribution in [0.4, 0.5) is 5.69 Å². The maximum atomic E-state index is 12.1. The predicted molar refractivity (Wildman–Crippen MR) is 111 cm³/mol. The number of rotatable bonds is 5. The van der Waals surface area contributed by atoms with Crippen molar-refractivity contribution in [2.45, 2.75) is 30.7 Å². The van der Waals surface area contributed by atoms with Crippen molar-refractivity contribution < 1.29 is 13.5 Å². The summed E-state index contributed by atoms with van der Waals surface area (Å²) in [6.07, 6.45) is 5.44. The summed E-state index contributed by atoms with van der Waals surface area (Å²) in [4.78, 5) is 12.8. The zero-order chi connectivity index (χ0) is 19.6. The van der Waals surface area contributed by atoms with Crippen LogP contribution in [0.5, 0.6) is 0 Å². The number of ether oxygens (including phenoxy) is 1. The Morgan fingerprint density at radius 2 is 2.00 bits per heavy atom. The van der Waals surface area contributed by atoms with Crippen molar-refractivity contribution in [2.75, 3.05) is 31.9 Å². The molecule has 0 aliphatic carbocycles. The molecule has 27 heavy (non-hydrogen) atoms. The molecule has 2 aromatic rings. The third kappa shape index (κ3) is 4.38. The van der Waals surface area contributed by atoms with E-state index in [1.165, 1.54) is 7.11 Å². The van der Waals surface area contributed by atoms with Crippen LogP contribution in [0.3, 0.4) is 0 Å². The first kappa shape index (κ1) is 19.9. The van der Waals surface area contributed by atoms with Crippen molar-refractivity contribution in [2.24, 2.45) is 7.05 Å². The third-order valence-electron chi connectivity index (χ3n) is 5.01. The molecule has 1 saturated heterocycles. The van der Waals surface area contributed by atoms with Crippen molar-refractivity contribution >= 4 is 16.3 Å². The van der Waals surface area contributed by atoms with Crippen LogP contribution in [0.2, 0.25) is 0 Å². The highest BCUT2D eigenvalue weighted by atomic mass is 32.3. The lowest BCUT2D eigenvalue weighted by atomic mass is 10.0. The lowest BCUT2D eigenvalue weighted by molar-refractivity contribution is 0.0904. The second-order valence-electron chi connectivity index (χ2n) is 7.04. The molecule has 148 valence electrons. The molecule has 2 N–H and O–H groups in total. The van der Waals surface area contributed by atoms with E-state index in [4.69, 9.17) is 8.92 Å². The van der Waals surface area contributed by atoms with Crippen molar-refractivity contribution in [1.29, 1.82) is 0 Å². The topological polar surface area (TPSA) is 72.7 Å². The number of benzene rings is 1. The largest absolute Gasteiger partial charge is 0.382 e. The monoisotopic (exact) mass is 392 g/mol. The van der Waals surface area contributed by atoms with Crippen molar-refractivity contribution in [3.8, 4) is 11.1 Å². The summed E-state index contributed by atoms with van der Waals surface area (Å²) >= 11 is 0. The number of hydrogen-bond acceptors (Lipinski definition) is 5. The van der Waals surface area contributed by atoms with Gasteiger partial charge in [0.25, 0.3) is 5.56 Å². The number of hydrogen-bond donors (Lipinski definition) is 2. The van der Waals surface area contributed by atoms with Crippen molar-refractivity contribution in [1.82, 2.24) is 4.57 Å². The first-order valence-electron chi connectivity index (χ1n) is 9.04. The van der Waals surface area contributed by atoms with Gasteiger partial charge in [-0.1, -0.05) is 0 Å². The molecule has 1 aliphatic heterocycles. The summed E-state index contributed by atoms with van der Waals surface area (Å²) in [5.74, 6) is 0. The van der Waals surface area contributed by atoms with E-state index in [2.05, 4.69) is 5.32 Å². The van der Waals surface area contributed by atoms with Gasteiger partial charge in [0.15, 0.2) is 0 Å². The van der Waals surface area contributed by atoms with Gasteiger partial charge in [-0.3, -0.25) is 13.5 Å². The minimum absolute atomic E-state index is 0.0108. The van der Waals surface area contributed by atoms with E-state index in [9.17, 15) is 9.35 Å². The fourth-order valence-electron chi connectivity index (χ4n) is 3.31. The molecule has 1 aliphatic rings. The molecule has 0 saturated carbocycles. The van der Waals surface area contributed by atoms with E-state index in [1.54, 1.807) is 17.9 Å². The number of anilines is 1. The number of aromatic nitrogens is 1. The Balaban J connectivity index is 2.09. The lowest BCUT2D eigenvalue weighted by Crippen LogP contribution is -2.28. The Labute approximate surface area is 161 Å². The van der Waals surface area contributed by atoms with Gasteiger partial charge in [-0.2, -0.15) is 10.6 Å². The smallest absolute Gasteiger partial charge is 0.253 e. The molecule has 0 bridgehead atoms. The van der Waals surface area contributed by atoms with Crippen molar-refractivity contribution in [3.63, 3.8) is 0 Å². The van der Waals surface area contributed by atoms with Gasteiger partial charge in [0.05, 0.1) is 12.0 Å². The van der Waals surface area contributed by atoms with Gasteiger partial charge in [0.2, 0.25) is 0 Å². The van der Waals surface area contributed by atoms with Gasteiger partial charge in [0, 0.05) is 61.1 Å². The summed E-state index contributed by atoms with van der Waals surface area (Å²) < 4.78 is 23.0. The lowest BCUT2D eigenvalue weighted by Gasteiger charge is -2.33. The SMILES string of the molecule is COS(C)(O)c1ccc(NC2CCOCC2)c(-c2cc(C)c(=O)n(C)c2)c1. The third-order valence-corrected chi connectivity index (χ3v) is 6.78. The number of pyridine rings is 1. The minimum Gasteiger partial charge on any atom is -0.382 e. The predicted octanol–water partition coefficient (Wildman–Crippen LogP) is 3.78. The molecule has 7 heteroatoms. The number of aryl methyl sites for hydroxylation is 2. The van der Waals surface area contributed by atoms with E-state index >= 15 is 0 Å². The summed E-state index contributed by atoms with van der Waals surface area (Å²) in [5.41, 5.74) is 3.53. The maximum Gasteiger partial charge on any atom is 0.253 e. The molecular weight excluding hydrogens is 364 g/mol. The summed E-state index contributed by atoms with van der Waals surface area (Å²) in [6, 6.07) is 8.08. The molecule has 1 fully saturated rings. The van der Waals surface area contributed by atoms with Crippen LogP contribution in [0.1, 0.15) is 18.4 Å². The van der Waals surface area contributed by atoms with Crippen LogP contribution in [0.25, 0.3) is 11.1 Å². The molecule has 1 aromatic carbocycles. The molecule has 1 atom stereocenters. The zero-order valence-electron chi connectivity index (χ0n) is 16.3. The van der Waals surface area contributed by atoms with E-state index in [0.717, 1.165) is 47.8 Å². The molecule has 3 rings (SSSR count). The van der Waals surface area contributed by atoms with Gasteiger partial charge in [-0.05, 0) is 44.0 Å². The van der Waals surface area contributed by atoms with Crippen LogP contribution < -0.4 is 10.9 Å². The van der Waals surface area contributed by atoms with E-state index in [0.29, 0.717) is 11.6 Å². The first-order valence-corrected chi connectivity index (χ1v) is 11.0. The Kier molecular flexibility index (Phi) is 5.95. The highest BCUT2D eigenvalue weighted by Crippen LogP contribution is 2.50. The molecule has 6 nitrogen and oxygen atoms in total. The molecule has 0 amide bonds. The van der Waals surface area contributed by atoms with Crippen molar-refractivity contribution in [3.05, 3.63) is 46.4 Å². The quantitative estimate of drug-likeness (QED) is 0.810. The molecule has 0 spiro atoms. The van der Waals surface area contributed by atoms with Crippen LogP contribution in [0.15, 0.2) is 40.2 Å². The van der Waals surface area contributed by atoms with Crippen LogP contribution in [0, 0.1) is 6.92 Å². The Morgan fingerprint density at radius 3 is 2.63 bits per heavy atom. The van der Waals surface area contributed by atoms with E-state index < -0.39 is 10.6 Å². The standard InChI is InChI=1S/C20H28N2O4S/c1-14-11-15(13-22(2)20(14)23)18-12-17(27(4,24)25-3)5-6-19(18)21-16-7-9-26-10-8-16/h5-6,11-13,16,21,24H,7-10H2,1-4H3. The zero-order valence-corrected chi connectivity index (χ0v) is 17.1. The average molecular weight is 393 g/mol. The van der Waals surface area contributed by atoms with Gasteiger partial charge in [-0.15, -0.1) is 0 Å². The summed E-state index contributed by atoms with van der Waals surface area (Å²) in [6.45, 7) is 3.33. The van der Waals surface area contributed by atoms with Crippen LogP contribution in [-0.4, -0.2) is 41.7 Å². The average Bonchev–Trinajstić information content (AvgIpc) is 2.66. The molecular formula is C20H28N2O4S. The molecule has 2 heterocycles. The van der Waals surface area contributed by atoms with Gasteiger partial charge >= 0.3 is 0 Å². The Bertz CT molecular complexity index is 847. The Hall–Kier alpha value is -1.80. The number of nitrogens with one attached hydrogen (secondary N) is 1.